The SMILES string of the molecule is CCCCCCC/C=C/C(O)C(COC1OC(CO)C(OC2OC(CO)C(O)C(O)C2O)C(O)C1O)NC(=O)CCCCCCCCCCCCCCCCCCCCCCCCCCCCCCCCCCCCCC. The number of hydrogen-bond acceptors (Lipinski definition) is 13. The van der Waals surface area contributed by atoms with Gasteiger partial charge in [-0.05, 0) is 19.3 Å². The number of nitrogens with one attached hydrogen (secondary N) is 1. The standard InChI is InChI=1S/C63H121NO13/c1-3-5-7-9-11-12-13-14-15-16-17-18-19-20-21-22-23-24-25-26-27-28-29-30-31-32-33-34-35-36-37-38-39-41-43-45-47-55(68)64-51(52(67)46-44-42-40-10-8-6-4-2)50-74-62-60(73)58(71)61(54(49-66)76-62)77-63-59(72)57(70)56(69)53(48-65)75-63/h44,46,51-54,56-63,65-67,69-73H,3-43,45,47-50H2,1-2H3,(H,64,68)/b46-44+. The Morgan fingerprint density at radius 3 is 1.19 bits per heavy atom. The van der Waals surface area contributed by atoms with E-state index in [0.717, 1.165) is 51.4 Å². The maximum Gasteiger partial charge on any atom is 0.220 e. The van der Waals surface area contributed by atoms with E-state index in [9.17, 15) is 45.6 Å². The smallest absolute Gasteiger partial charge is 0.220 e. The van der Waals surface area contributed by atoms with Gasteiger partial charge in [0.05, 0.1) is 32.0 Å². The van der Waals surface area contributed by atoms with Gasteiger partial charge in [-0.15, -0.1) is 0 Å². The summed E-state index contributed by atoms with van der Waals surface area (Å²) >= 11 is 0. The summed E-state index contributed by atoms with van der Waals surface area (Å²) in [7, 11) is 0. The van der Waals surface area contributed by atoms with Crippen LogP contribution in [0.2, 0.25) is 0 Å². The summed E-state index contributed by atoms with van der Waals surface area (Å²) in [5.41, 5.74) is 0. The Balaban J connectivity index is 1.50. The highest BCUT2D eigenvalue weighted by Gasteiger charge is 2.51. The monoisotopic (exact) mass is 1100 g/mol. The number of hydrogen-bond donors (Lipinski definition) is 9. The summed E-state index contributed by atoms with van der Waals surface area (Å²) in [4.78, 5) is 13.2. The number of carbonyl (C=O) groups excluding carboxylic acids is 1. The fourth-order valence-electron chi connectivity index (χ4n) is 11.0. The lowest BCUT2D eigenvalue weighted by molar-refractivity contribution is -0.359. The van der Waals surface area contributed by atoms with Crippen LogP contribution in [0.15, 0.2) is 12.2 Å². The van der Waals surface area contributed by atoms with Crippen molar-refractivity contribution in [2.24, 2.45) is 0 Å². The number of aliphatic hydroxyl groups excluding tert-OH is 8. The van der Waals surface area contributed by atoms with Crippen molar-refractivity contribution >= 4 is 5.91 Å². The van der Waals surface area contributed by atoms with Crippen LogP contribution in [-0.2, 0) is 23.7 Å². The molecule has 456 valence electrons. The summed E-state index contributed by atoms with van der Waals surface area (Å²) in [5, 5.41) is 86.7. The van der Waals surface area contributed by atoms with E-state index in [1.807, 2.05) is 6.08 Å². The zero-order valence-electron chi connectivity index (χ0n) is 49.2. The Kier molecular flexibility index (Phi) is 46.0. The largest absolute Gasteiger partial charge is 0.394 e. The first-order valence-corrected chi connectivity index (χ1v) is 32.4. The molecule has 2 saturated heterocycles. The highest BCUT2D eigenvalue weighted by molar-refractivity contribution is 5.76. The molecule has 0 radical (unpaired) electrons. The molecule has 0 aromatic carbocycles. The second kappa shape index (κ2) is 49.3. The highest BCUT2D eigenvalue weighted by atomic mass is 16.7. The van der Waals surface area contributed by atoms with Crippen LogP contribution in [-0.4, -0.2) is 140 Å². The summed E-state index contributed by atoms with van der Waals surface area (Å²) in [5.74, 6) is -0.238. The zero-order chi connectivity index (χ0) is 56.0. The number of unbranched alkanes of at least 4 members (excludes halogenated alkanes) is 40. The van der Waals surface area contributed by atoms with Crippen LogP contribution in [0.1, 0.15) is 290 Å². The van der Waals surface area contributed by atoms with Crippen molar-refractivity contribution in [2.75, 3.05) is 19.8 Å². The minimum Gasteiger partial charge on any atom is -0.394 e. The summed E-state index contributed by atoms with van der Waals surface area (Å²) in [6.45, 7) is 2.75. The molecule has 2 aliphatic rings. The molecule has 2 fully saturated rings. The van der Waals surface area contributed by atoms with E-state index in [-0.39, 0.29) is 18.9 Å². The predicted molar refractivity (Wildman–Crippen MR) is 309 cm³/mol. The second-order valence-corrected chi connectivity index (χ2v) is 23.3. The Labute approximate surface area is 469 Å². The summed E-state index contributed by atoms with van der Waals surface area (Å²) in [6, 6.07) is -0.907. The third kappa shape index (κ3) is 34.7. The van der Waals surface area contributed by atoms with Gasteiger partial charge in [0.2, 0.25) is 5.91 Å². The molecule has 2 aliphatic heterocycles. The molecule has 0 saturated carbocycles. The first kappa shape index (κ1) is 71.8. The molecule has 0 aromatic rings. The van der Waals surface area contributed by atoms with E-state index in [1.54, 1.807) is 6.08 Å². The Morgan fingerprint density at radius 2 is 0.805 bits per heavy atom. The first-order valence-electron chi connectivity index (χ1n) is 32.4. The molecule has 0 aliphatic carbocycles. The van der Waals surface area contributed by atoms with E-state index in [1.165, 1.54) is 212 Å². The quantitative estimate of drug-likeness (QED) is 0.0204. The molecule has 9 N–H and O–H groups in total. The van der Waals surface area contributed by atoms with Crippen LogP contribution in [0.3, 0.4) is 0 Å². The van der Waals surface area contributed by atoms with E-state index >= 15 is 0 Å². The highest BCUT2D eigenvalue weighted by Crippen LogP contribution is 2.30. The maximum absolute atomic E-state index is 13.2. The van der Waals surface area contributed by atoms with E-state index < -0.39 is 86.8 Å². The molecule has 14 heteroatoms. The van der Waals surface area contributed by atoms with Crippen molar-refractivity contribution in [3.8, 4) is 0 Å². The number of allylic oxidation sites excluding steroid dienone is 1. The molecule has 2 rings (SSSR count). The fourth-order valence-corrected chi connectivity index (χ4v) is 11.0. The average Bonchev–Trinajstić information content (AvgIpc) is 3.44. The Hall–Kier alpha value is -1.27. The van der Waals surface area contributed by atoms with Gasteiger partial charge in [0, 0.05) is 6.42 Å². The Morgan fingerprint density at radius 1 is 0.455 bits per heavy atom. The summed E-state index contributed by atoms with van der Waals surface area (Å²) in [6.07, 6.45) is 42.1. The topological polar surface area (TPSA) is 228 Å². The van der Waals surface area contributed by atoms with E-state index in [0.29, 0.717) is 6.42 Å². The number of amides is 1. The van der Waals surface area contributed by atoms with Crippen molar-refractivity contribution in [3.63, 3.8) is 0 Å². The third-order valence-corrected chi connectivity index (χ3v) is 16.2. The van der Waals surface area contributed by atoms with Gasteiger partial charge in [-0.1, -0.05) is 276 Å². The molecule has 1 amide bonds. The van der Waals surface area contributed by atoms with Gasteiger partial charge in [0.25, 0.3) is 0 Å². The van der Waals surface area contributed by atoms with Crippen molar-refractivity contribution < 1.29 is 64.6 Å². The van der Waals surface area contributed by atoms with Gasteiger partial charge in [0.1, 0.15) is 48.8 Å². The number of carbonyl (C=O) groups is 1. The van der Waals surface area contributed by atoms with Crippen LogP contribution >= 0.6 is 0 Å². The fraction of sp³-hybridized carbons (Fsp3) is 0.952. The maximum atomic E-state index is 13.2. The lowest BCUT2D eigenvalue weighted by Crippen LogP contribution is -2.65. The second-order valence-electron chi connectivity index (χ2n) is 23.3. The van der Waals surface area contributed by atoms with E-state index in [4.69, 9.17) is 18.9 Å². The zero-order valence-corrected chi connectivity index (χ0v) is 49.2. The number of rotatable bonds is 53. The third-order valence-electron chi connectivity index (χ3n) is 16.2. The molecule has 12 atom stereocenters. The van der Waals surface area contributed by atoms with Crippen LogP contribution in [0.5, 0.6) is 0 Å². The molecular formula is C63H121NO13. The molecule has 12 unspecified atom stereocenters. The Bertz CT molecular complexity index is 1340. The van der Waals surface area contributed by atoms with Gasteiger partial charge < -0.3 is 65.1 Å². The predicted octanol–water partition coefficient (Wildman–Crippen LogP) is 11.8. The minimum atomic E-state index is -1.78. The molecular weight excluding hydrogens is 979 g/mol. The van der Waals surface area contributed by atoms with Crippen molar-refractivity contribution in [2.45, 2.75) is 364 Å². The van der Waals surface area contributed by atoms with Crippen molar-refractivity contribution in [1.82, 2.24) is 5.32 Å². The lowest BCUT2D eigenvalue weighted by atomic mass is 9.97. The molecule has 0 spiro atoms. The molecule has 77 heavy (non-hydrogen) atoms. The van der Waals surface area contributed by atoms with Crippen molar-refractivity contribution in [3.05, 3.63) is 12.2 Å². The average molecular weight is 1100 g/mol. The molecule has 0 aromatic heterocycles. The first-order chi connectivity index (χ1) is 37.6. The minimum absolute atomic E-state index is 0.238. The number of aliphatic hydroxyl groups is 8. The van der Waals surface area contributed by atoms with Gasteiger partial charge >= 0.3 is 0 Å². The number of ether oxygens (including phenoxy) is 4. The van der Waals surface area contributed by atoms with Crippen molar-refractivity contribution in [1.29, 1.82) is 0 Å². The normalized spacial score (nSPS) is 24.7. The van der Waals surface area contributed by atoms with Gasteiger partial charge in [-0.25, -0.2) is 0 Å². The van der Waals surface area contributed by atoms with Gasteiger partial charge in [-0.3, -0.25) is 4.79 Å². The molecule has 0 bridgehead atoms. The van der Waals surface area contributed by atoms with Crippen LogP contribution < -0.4 is 5.32 Å². The summed E-state index contributed by atoms with van der Waals surface area (Å²) < 4.78 is 22.7. The van der Waals surface area contributed by atoms with E-state index in [2.05, 4.69) is 19.2 Å². The van der Waals surface area contributed by atoms with Gasteiger partial charge in [-0.2, -0.15) is 0 Å². The van der Waals surface area contributed by atoms with Crippen LogP contribution in [0.25, 0.3) is 0 Å². The van der Waals surface area contributed by atoms with Crippen LogP contribution in [0.4, 0.5) is 0 Å². The van der Waals surface area contributed by atoms with Crippen LogP contribution in [0, 0.1) is 0 Å². The van der Waals surface area contributed by atoms with Gasteiger partial charge in [0.15, 0.2) is 12.6 Å². The molecule has 2 heterocycles. The lowest BCUT2D eigenvalue weighted by Gasteiger charge is -2.46. The molecule has 14 nitrogen and oxygen atoms in total.